The normalized spacial score (nSPS) is 23.7. The van der Waals surface area contributed by atoms with E-state index in [1.54, 1.807) is 11.0 Å². The molecule has 11 heteroatoms. The van der Waals surface area contributed by atoms with Gasteiger partial charge in [-0.3, -0.25) is 9.69 Å². The lowest BCUT2D eigenvalue weighted by atomic mass is 9.49. The van der Waals surface area contributed by atoms with Crippen molar-refractivity contribution >= 4 is 39.8 Å². The van der Waals surface area contributed by atoms with Crippen LogP contribution in [0.4, 0.5) is 15.9 Å². The highest BCUT2D eigenvalue weighted by molar-refractivity contribution is 6.36. The first-order valence-corrected chi connectivity index (χ1v) is 16.0. The maximum Gasteiger partial charge on any atom is 0.318 e. The molecule has 3 aliphatic carbocycles. The van der Waals surface area contributed by atoms with Gasteiger partial charge in [0.2, 0.25) is 12.5 Å². The van der Waals surface area contributed by atoms with Gasteiger partial charge in [-0.25, -0.2) is 11.0 Å². The van der Waals surface area contributed by atoms with E-state index in [2.05, 4.69) is 33.2 Å². The third-order valence-corrected chi connectivity index (χ3v) is 10.7. The van der Waals surface area contributed by atoms with Crippen LogP contribution < -0.4 is 14.5 Å². The molecule has 0 N–H and O–H groups in total. The molecule has 0 spiro atoms. The number of benzene rings is 2. The maximum atomic E-state index is 14.6. The quantitative estimate of drug-likeness (QED) is 0.245. The first-order chi connectivity index (χ1) is 21.8. The Balaban J connectivity index is 1.19. The topological polar surface area (TPSA) is 69.4 Å². The molecule has 45 heavy (non-hydrogen) atoms. The van der Waals surface area contributed by atoms with Crippen LogP contribution in [-0.2, 0) is 17.8 Å². The predicted molar refractivity (Wildman–Crippen MR) is 173 cm³/mol. The summed E-state index contributed by atoms with van der Waals surface area (Å²) in [5.74, 6) is 1.10. The number of likely N-dealkylation sites (N-methyl/N-ethyl adjacent to an activating group) is 1. The molecule has 234 valence electrons. The third-order valence-electron chi connectivity index (χ3n) is 10.3. The summed E-state index contributed by atoms with van der Waals surface area (Å²) >= 11 is 6.51. The van der Waals surface area contributed by atoms with Gasteiger partial charge >= 0.3 is 6.01 Å². The van der Waals surface area contributed by atoms with Gasteiger partial charge in [0.15, 0.2) is 0 Å². The van der Waals surface area contributed by atoms with Crippen molar-refractivity contribution in [3.8, 4) is 6.01 Å². The lowest BCUT2D eigenvalue weighted by Gasteiger charge is -2.66. The number of hydrogen-bond donors (Lipinski definition) is 0. The van der Waals surface area contributed by atoms with Gasteiger partial charge in [0.1, 0.15) is 24.3 Å². The number of ether oxygens (including phenoxy) is 1. The van der Waals surface area contributed by atoms with Crippen LogP contribution in [0, 0.1) is 18.3 Å². The largest absolute Gasteiger partial charge is 0.462 e. The summed E-state index contributed by atoms with van der Waals surface area (Å²) in [7, 11) is 2.18. The standard InChI is InChI=1S/C34H37ClFN7O2/c1-4-29(44)43-13-12-42(20-24(43)19-37-2)32-25-10-11-41(28-7-5-6-23-8-9-26(36)31(35)30(23)28)21-27(25)38-33(39-32)45-15-14-40(3)34-16-22(17-34)18-34/h4-9,22,24H,1,10-21H2,3H3/t22?,24-,34?/m0/s1. The zero-order chi connectivity index (χ0) is 31.3. The van der Waals surface area contributed by atoms with Gasteiger partial charge in [-0.2, -0.15) is 9.97 Å². The number of hydrogen-bond acceptors (Lipinski definition) is 7. The van der Waals surface area contributed by atoms with Crippen LogP contribution in [0.3, 0.4) is 0 Å². The van der Waals surface area contributed by atoms with Gasteiger partial charge in [0.05, 0.1) is 17.3 Å². The van der Waals surface area contributed by atoms with E-state index in [1.165, 1.54) is 31.4 Å². The summed E-state index contributed by atoms with van der Waals surface area (Å²) in [4.78, 5) is 34.6. The second kappa shape index (κ2) is 11.8. The number of aromatic nitrogens is 2. The smallest absolute Gasteiger partial charge is 0.318 e. The summed E-state index contributed by atoms with van der Waals surface area (Å²) in [6.45, 7) is 15.3. The highest BCUT2D eigenvalue weighted by Crippen LogP contribution is 2.60. The average Bonchev–Trinajstić information content (AvgIpc) is 3.00. The van der Waals surface area contributed by atoms with Crippen LogP contribution in [-0.4, -0.2) is 90.2 Å². The Kier molecular flexibility index (Phi) is 7.78. The molecule has 5 aliphatic rings. The van der Waals surface area contributed by atoms with Crippen LogP contribution >= 0.6 is 11.6 Å². The number of fused-ring (bicyclic) bond motifs is 2. The molecule has 4 fully saturated rings. The number of rotatable bonds is 9. The molecule has 2 aliphatic heterocycles. The third kappa shape index (κ3) is 5.26. The van der Waals surface area contributed by atoms with Crippen molar-refractivity contribution in [3.05, 3.63) is 76.5 Å². The summed E-state index contributed by atoms with van der Waals surface area (Å²) in [5, 5.41) is 1.68. The maximum absolute atomic E-state index is 14.6. The number of carbonyl (C=O) groups excluding carboxylic acids is 1. The molecule has 1 saturated heterocycles. The zero-order valence-corrected chi connectivity index (χ0v) is 26.3. The highest BCUT2D eigenvalue weighted by Gasteiger charge is 2.58. The molecule has 1 amide bonds. The van der Waals surface area contributed by atoms with Crippen LogP contribution in [0.5, 0.6) is 6.01 Å². The van der Waals surface area contributed by atoms with E-state index in [4.69, 9.17) is 32.9 Å². The van der Waals surface area contributed by atoms with E-state index in [1.807, 2.05) is 18.2 Å². The molecule has 8 rings (SSSR count). The lowest BCUT2D eigenvalue weighted by Crippen LogP contribution is -2.67. The monoisotopic (exact) mass is 629 g/mol. The summed E-state index contributed by atoms with van der Waals surface area (Å²) in [6.07, 6.45) is 5.84. The van der Waals surface area contributed by atoms with Crippen LogP contribution in [0.1, 0.15) is 30.5 Å². The van der Waals surface area contributed by atoms with Gasteiger partial charge in [-0.1, -0.05) is 36.4 Å². The van der Waals surface area contributed by atoms with Crippen molar-refractivity contribution in [2.24, 2.45) is 5.92 Å². The van der Waals surface area contributed by atoms with Crippen LogP contribution in [0.25, 0.3) is 15.6 Å². The Hall–Kier alpha value is -3.94. The van der Waals surface area contributed by atoms with Gasteiger partial charge in [0, 0.05) is 54.9 Å². The fourth-order valence-corrected chi connectivity index (χ4v) is 7.87. The second-order valence-corrected chi connectivity index (χ2v) is 13.2. The van der Waals surface area contributed by atoms with E-state index in [-0.39, 0.29) is 23.5 Å². The first-order valence-electron chi connectivity index (χ1n) is 15.7. The molecular formula is C34H37ClFN7O2. The first kappa shape index (κ1) is 29.8. The van der Waals surface area contributed by atoms with Gasteiger partial charge in [0.25, 0.3) is 0 Å². The number of amides is 1. The van der Waals surface area contributed by atoms with E-state index < -0.39 is 5.82 Å². The number of halogens is 2. The van der Waals surface area contributed by atoms with Crippen LogP contribution in [0.15, 0.2) is 43.0 Å². The molecule has 3 heterocycles. The van der Waals surface area contributed by atoms with E-state index in [0.717, 1.165) is 40.6 Å². The SMILES string of the molecule is [C-]#[N+]C[C@H]1CN(c2nc(OCCN(C)C34CC(C3)C4)nc3c2CCN(c2cccc4ccc(F)c(Cl)c24)C3)CCN1C(=O)C=C. The lowest BCUT2D eigenvalue weighted by molar-refractivity contribution is -0.135. The molecule has 1 aromatic heterocycles. The molecule has 1 atom stereocenters. The Labute approximate surface area is 268 Å². The van der Waals surface area contributed by atoms with E-state index >= 15 is 0 Å². The molecule has 2 aromatic carbocycles. The fourth-order valence-electron chi connectivity index (χ4n) is 7.60. The van der Waals surface area contributed by atoms with E-state index in [9.17, 15) is 9.18 Å². The highest BCUT2D eigenvalue weighted by atomic mass is 35.5. The van der Waals surface area contributed by atoms with Crippen molar-refractivity contribution in [3.63, 3.8) is 0 Å². The predicted octanol–water partition coefficient (Wildman–Crippen LogP) is 4.97. The van der Waals surface area contributed by atoms with Gasteiger partial charge in [-0.15, -0.1) is 0 Å². The average molecular weight is 630 g/mol. The zero-order valence-electron chi connectivity index (χ0n) is 25.5. The molecule has 2 bridgehead atoms. The minimum atomic E-state index is -0.443. The molecule has 3 aromatic rings. The Bertz CT molecular complexity index is 1690. The van der Waals surface area contributed by atoms with Gasteiger partial charge in [-0.05, 0) is 62.2 Å². The number of anilines is 2. The Morgan fingerprint density at radius 3 is 2.78 bits per heavy atom. The number of nitrogens with zero attached hydrogens (tertiary/aromatic N) is 7. The molecule has 9 nitrogen and oxygen atoms in total. The molecular weight excluding hydrogens is 593 g/mol. The summed E-state index contributed by atoms with van der Waals surface area (Å²) in [5.41, 5.74) is 3.10. The number of piperazine rings is 1. The molecule has 3 saturated carbocycles. The molecule has 0 radical (unpaired) electrons. The minimum Gasteiger partial charge on any atom is -0.462 e. The second-order valence-electron chi connectivity index (χ2n) is 12.8. The van der Waals surface area contributed by atoms with Gasteiger partial charge < -0.3 is 24.3 Å². The van der Waals surface area contributed by atoms with Crippen molar-refractivity contribution in [1.29, 1.82) is 0 Å². The summed E-state index contributed by atoms with van der Waals surface area (Å²) in [6, 6.07) is 9.09. The van der Waals surface area contributed by atoms with Crippen molar-refractivity contribution in [2.45, 2.75) is 43.8 Å². The number of carbonyl (C=O) groups is 1. The van der Waals surface area contributed by atoms with E-state index in [0.29, 0.717) is 62.7 Å². The minimum absolute atomic E-state index is 0.118. The Morgan fingerprint density at radius 1 is 1.22 bits per heavy atom. The van der Waals surface area contributed by atoms with Crippen molar-refractivity contribution in [1.82, 2.24) is 19.8 Å². The fraction of sp³-hybridized carbons (Fsp3) is 0.471. The summed E-state index contributed by atoms with van der Waals surface area (Å²) < 4.78 is 20.8. The van der Waals surface area contributed by atoms with Crippen molar-refractivity contribution in [2.75, 3.05) is 62.7 Å². The van der Waals surface area contributed by atoms with Crippen molar-refractivity contribution < 1.29 is 13.9 Å². The van der Waals surface area contributed by atoms with Crippen LogP contribution in [0.2, 0.25) is 5.02 Å². The molecule has 0 unspecified atom stereocenters. The Morgan fingerprint density at radius 2 is 2.04 bits per heavy atom.